The minimum absolute atomic E-state index is 0.0767. The van der Waals surface area contributed by atoms with Gasteiger partial charge in [-0.05, 0) is 12.5 Å². The van der Waals surface area contributed by atoms with Crippen LogP contribution in [-0.2, 0) is 14.2 Å². The summed E-state index contributed by atoms with van der Waals surface area (Å²) in [6.07, 6.45) is 2.54. The summed E-state index contributed by atoms with van der Waals surface area (Å²) in [5.41, 5.74) is 0. The van der Waals surface area contributed by atoms with E-state index in [1.807, 2.05) is 0 Å². The summed E-state index contributed by atoms with van der Waals surface area (Å²) in [5.74, 6) is -0.493. The Morgan fingerprint density at radius 1 is 1.39 bits per heavy atom. The van der Waals surface area contributed by atoms with E-state index in [1.54, 1.807) is 6.08 Å². The predicted octanol–water partition coefficient (Wildman–Crippen LogP) is 3.47. The molecule has 0 amide bonds. The number of hydrogen-bond acceptors (Lipinski definition) is 4. The van der Waals surface area contributed by atoms with Gasteiger partial charge in [0, 0.05) is 7.11 Å². The number of alkyl halides is 3. The molecule has 0 aromatic rings. The van der Waals surface area contributed by atoms with E-state index >= 15 is 0 Å². The van der Waals surface area contributed by atoms with E-state index in [9.17, 15) is 0 Å². The number of methoxy groups -OCH3 is 1. The van der Waals surface area contributed by atoms with Gasteiger partial charge in [0.05, 0.1) is 0 Å². The second-order valence-corrected chi connectivity index (χ2v) is 5.56. The highest BCUT2D eigenvalue weighted by Gasteiger charge is 2.32. The smallest absolute Gasteiger partial charge is 0.265 e. The maximum atomic E-state index is 7.50. The molecule has 0 spiro atoms. The van der Waals surface area contributed by atoms with Gasteiger partial charge >= 0.3 is 0 Å². The fourth-order valence-corrected chi connectivity index (χ4v) is 1.23. The highest BCUT2D eigenvalue weighted by atomic mass is 35.6. The molecule has 0 aliphatic carbocycles. The molecule has 0 aliphatic rings. The Morgan fingerprint density at radius 2 is 2.00 bits per heavy atom. The predicted molar refractivity (Wildman–Crippen MR) is 74.6 cm³/mol. The normalized spacial score (nSPS) is 14.7. The van der Waals surface area contributed by atoms with Crippen molar-refractivity contribution in [2.45, 2.75) is 22.4 Å². The van der Waals surface area contributed by atoms with Crippen molar-refractivity contribution >= 4 is 40.7 Å². The van der Waals surface area contributed by atoms with E-state index in [0.29, 0.717) is 6.42 Å². The Labute approximate surface area is 122 Å². The molecule has 0 heterocycles. The monoisotopic (exact) mass is 315 g/mol. The first-order chi connectivity index (χ1) is 8.36. The molecule has 0 unspecified atom stereocenters. The lowest BCUT2D eigenvalue weighted by Gasteiger charge is -2.26. The van der Waals surface area contributed by atoms with Crippen molar-refractivity contribution in [3.8, 4) is 0 Å². The van der Waals surface area contributed by atoms with Crippen LogP contribution in [0.3, 0.4) is 0 Å². The van der Waals surface area contributed by atoms with E-state index < -0.39 is 21.9 Å². The van der Waals surface area contributed by atoms with Crippen LogP contribution in [-0.4, -0.2) is 35.8 Å². The molecule has 1 N–H and O–H groups in total. The average molecular weight is 317 g/mol. The van der Waals surface area contributed by atoms with Crippen molar-refractivity contribution < 1.29 is 14.2 Å². The molecule has 18 heavy (non-hydrogen) atoms. The zero-order valence-corrected chi connectivity index (χ0v) is 12.3. The van der Waals surface area contributed by atoms with Gasteiger partial charge < -0.3 is 14.2 Å². The Kier molecular flexibility index (Phi) is 8.65. The molecule has 104 valence electrons. The summed E-state index contributed by atoms with van der Waals surface area (Å²) in [5, 5.41) is 7.50. The summed E-state index contributed by atoms with van der Waals surface area (Å²) in [6.45, 7) is 7.29. The van der Waals surface area contributed by atoms with Crippen molar-refractivity contribution in [1.29, 1.82) is 5.41 Å². The zero-order valence-electron chi connectivity index (χ0n) is 10.00. The van der Waals surface area contributed by atoms with Crippen molar-refractivity contribution in [2.75, 3.05) is 13.9 Å². The Balaban J connectivity index is 4.63. The van der Waals surface area contributed by atoms with Crippen LogP contribution in [0.1, 0.15) is 6.42 Å². The lowest BCUT2D eigenvalue weighted by molar-refractivity contribution is -0.0979. The van der Waals surface area contributed by atoms with E-state index in [4.69, 9.17) is 54.4 Å². The molecule has 4 nitrogen and oxygen atoms in total. The summed E-state index contributed by atoms with van der Waals surface area (Å²) in [6, 6.07) is 0. The molecule has 7 heteroatoms. The second kappa shape index (κ2) is 8.77. The lowest BCUT2D eigenvalue weighted by atomic mass is 10.1. The second-order valence-electron chi connectivity index (χ2n) is 3.28. The van der Waals surface area contributed by atoms with Gasteiger partial charge in [0.2, 0.25) is 5.90 Å². The summed E-state index contributed by atoms with van der Waals surface area (Å²) in [7, 11) is 1.50. The van der Waals surface area contributed by atoms with Gasteiger partial charge in [-0.2, -0.15) is 0 Å². The summed E-state index contributed by atoms with van der Waals surface area (Å²) in [4.78, 5) is 0. The van der Waals surface area contributed by atoms with Gasteiger partial charge in [0.1, 0.15) is 19.0 Å². The molecular formula is C11H16Cl3NO3. The van der Waals surface area contributed by atoms with Crippen LogP contribution in [0.2, 0.25) is 0 Å². The first-order valence-corrected chi connectivity index (χ1v) is 6.16. The minimum atomic E-state index is -1.92. The standard InChI is InChI=1S/C11H16Cl3NO3/c1-4-6-9(17-7-16-3)8(5-2)18-10(15)11(12,13)14/h4-5,8-9,15H,1-2,6-7H2,3H3/t8-,9-/m1/s1. The maximum absolute atomic E-state index is 7.50. The molecule has 0 aliphatic heterocycles. The molecule has 0 aromatic heterocycles. The Hall–Kier alpha value is -0.260. The van der Waals surface area contributed by atoms with Gasteiger partial charge in [0.25, 0.3) is 3.79 Å². The number of hydrogen-bond donors (Lipinski definition) is 1. The van der Waals surface area contributed by atoms with E-state index in [1.165, 1.54) is 13.2 Å². The largest absolute Gasteiger partial charge is 0.468 e. The van der Waals surface area contributed by atoms with Crippen LogP contribution < -0.4 is 0 Å². The zero-order chi connectivity index (χ0) is 14.2. The number of halogens is 3. The number of ether oxygens (including phenoxy) is 3. The summed E-state index contributed by atoms with van der Waals surface area (Å²) < 4.78 is 13.5. The molecule has 0 radical (unpaired) electrons. The van der Waals surface area contributed by atoms with Crippen LogP contribution in [0.5, 0.6) is 0 Å². The number of nitrogens with one attached hydrogen (secondary N) is 1. The third kappa shape index (κ3) is 6.61. The molecule has 0 aromatic carbocycles. The maximum Gasteiger partial charge on any atom is 0.265 e. The molecule has 0 rings (SSSR count). The average Bonchev–Trinajstić information content (AvgIpc) is 2.30. The fourth-order valence-electron chi connectivity index (χ4n) is 1.10. The molecular weight excluding hydrogens is 300 g/mol. The first kappa shape index (κ1) is 17.7. The Bertz CT molecular complexity index is 292. The van der Waals surface area contributed by atoms with Gasteiger partial charge in [-0.1, -0.05) is 47.5 Å². The van der Waals surface area contributed by atoms with E-state index in [0.717, 1.165) is 0 Å². The van der Waals surface area contributed by atoms with Crippen molar-refractivity contribution in [3.05, 3.63) is 25.3 Å². The topological polar surface area (TPSA) is 51.5 Å². The van der Waals surface area contributed by atoms with E-state index in [2.05, 4.69) is 13.2 Å². The first-order valence-electron chi connectivity index (χ1n) is 5.03. The van der Waals surface area contributed by atoms with E-state index in [-0.39, 0.29) is 6.79 Å². The van der Waals surface area contributed by atoms with Crippen molar-refractivity contribution in [1.82, 2.24) is 0 Å². The molecule has 0 fully saturated rings. The highest BCUT2D eigenvalue weighted by Crippen LogP contribution is 2.29. The third-order valence-corrected chi connectivity index (χ3v) is 2.42. The van der Waals surface area contributed by atoms with Gasteiger partial charge in [0.15, 0.2) is 0 Å². The van der Waals surface area contributed by atoms with Crippen LogP contribution in [0.25, 0.3) is 0 Å². The van der Waals surface area contributed by atoms with Gasteiger partial charge in [-0.15, -0.1) is 6.58 Å². The third-order valence-electron chi connectivity index (χ3n) is 1.91. The van der Waals surface area contributed by atoms with Crippen LogP contribution in [0.15, 0.2) is 25.3 Å². The summed E-state index contributed by atoms with van der Waals surface area (Å²) >= 11 is 16.6. The molecule has 0 saturated heterocycles. The lowest BCUT2D eigenvalue weighted by Crippen LogP contribution is -2.35. The van der Waals surface area contributed by atoms with Crippen LogP contribution in [0.4, 0.5) is 0 Å². The molecule has 0 saturated carbocycles. The molecule has 2 atom stereocenters. The number of rotatable bonds is 8. The van der Waals surface area contributed by atoms with Gasteiger partial charge in [-0.25, -0.2) is 0 Å². The van der Waals surface area contributed by atoms with Crippen LogP contribution >= 0.6 is 34.8 Å². The van der Waals surface area contributed by atoms with Crippen LogP contribution in [0, 0.1) is 5.41 Å². The fraction of sp³-hybridized carbons (Fsp3) is 0.545. The minimum Gasteiger partial charge on any atom is -0.468 e. The Morgan fingerprint density at radius 3 is 2.39 bits per heavy atom. The van der Waals surface area contributed by atoms with Gasteiger partial charge in [-0.3, -0.25) is 5.41 Å². The highest BCUT2D eigenvalue weighted by molar-refractivity contribution is 6.76. The quantitative estimate of drug-likeness (QED) is 0.245. The SMILES string of the molecule is C=CC[C@@H](OCOC)[C@@H](C=C)OC(=N)C(Cl)(Cl)Cl. The molecule has 0 bridgehead atoms. The van der Waals surface area contributed by atoms with Crippen molar-refractivity contribution in [2.24, 2.45) is 0 Å². The van der Waals surface area contributed by atoms with Crippen molar-refractivity contribution in [3.63, 3.8) is 0 Å².